The molecule has 0 aliphatic heterocycles. The summed E-state index contributed by atoms with van der Waals surface area (Å²) >= 11 is 1.64. The maximum absolute atomic E-state index is 11.0. The number of hydrogen-bond donors (Lipinski definition) is 1. The summed E-state index contributed by atoms with van der Waals surface area (Å²) < 4.78 is 4.59. The molecule has 4 heteroatoms. The summed E-state index contributed by atoms with van der Waals surface area (Å²) in [6.45, 7) is 1.96. The van der Waals surface area contributed by atoms with Crippen molar-refractivity contribution in [2.24, 2.45) is 5.73 Å². The summed E-state index contributed by atoms with van der Waals surface area (Å²) in [5.41, 5.74) is 6.99. The van der Waals surface area contributed by atoms with E-state index in [1.54, 1.807) is 11.8 Å². The summed E-state index contributed by atoms with van der Waals surface area (Å²) in [6.07, 6.45) is 0.425. The van der Waals surface area contributed by atoms with Crippen LogP contribution >= 0.6 is 11.8 Å². The van der Waals surface area contributed by atoms with Gasteiger partial charge < -0.3 is 10.5 Å². The average molecular weight is 239 g/mol. The Kier molecular flexibility index (Phi) is 5.35. The second-order valence-corrected chi connectivity index (χ2v) is 4.64. The summed E-state index contributed by atoms with van der Waals surface area (Å²) in [5, 5.41) is 0. The number of hydrogen-bond acceptors (Lipinski definition) is 4. The molecule has 1 rings (SSSR count). The molecule has 0 heterocycles. The second-order valence-electron chi connectivity index (χ2n) is 3.50. The van der Waals surface area contributed by atoms with Crippen LogP contribution in [0.25, 0.3) is 0 Å². The van der Waals surface area contributed by atoms with E-state index < -0.39 is 0 Å². The van der Waals surface area contributed by atoms with Gasteiger partial charge in [0.1, 0.15) is 0 Å². The van der Waals surface area contributed by atoms with E-state index in [2.05, 4.69) is 4.74 Å². The summed E-state index contributed by atoms with van der Waals surface area (Å²) in [4.78, 5) is 12.1. The van der Waals surface area contributed by atoms with Crippen molar-refractivity contribution < 1.29 is 9.53 Å². The summed E-state index contributed by atoms with van der Waals surface area (Å²) in [5.74, 6) is 0.543. The quantitative estimate of drug-likeness (QED) is 0.633. The van der Waals surface area contributed by atoms with Crippen molar-refractivity contribution in [3.63, 3.8) is 0 Å². The molecule has 1 aromatic carbocycles. The molecule has 0 spiro atoms. The van der Waals surface area contributed by atoms with Gasteiger partial charge in [0.15, 0.2) is 0 Å². The highest BCUT2D eigenvalue weighted by Crippen LogP contribution is 2.26. The van der Waals surface area contributed by atoms with Crippen molar-refractivity contribution in [2.45, 2.75) is 24.3 Å². The first-order valence-corrected chi connectivity index (χ1v) is 6.18. The standard InChI is InChI=1S/C12H17NO2S/c1-9(13)10-5-3-4-6-11(10)16-8-7-12(14)15-2/h3-6,9H,7-8,13H2,1-2H3/t9-/m1/s1. The van der Waals surface area contributed by atoms with E-state index in [9.17, 15) is 4.79 Å². The molecule has 0 saturated heterocycles. The molecular weight excluding hydrogens is 222 g/mol. The van der Waals surface area contributed by atoms with E-state index >= 15 is 0 Å². The Morgan fingerprint density at radius 3 is 2.81 bits per heavy atom. The molecule has 0 saturated carbocycles. The van der Waals surface area contributed by atoms with Gasteiger partial charge in [-0.2, -0.15) is 0 Å². The predicted molar refractivity (Wildman–Crippen MR) is 66.4 cm³/mol. The topological polar surface area (TPSA) is 52.3 Å². The Morgan fingerprint density at radius 1 is 1.50 bits per heavy atom. The van der Waals surface area contributed by atoms with Crippen molar-refractivity contribution in [2.75, 3.05) is 12.9 Å². The third kappa shape index (κ3) is 3.87. The number of nitrogens with two attached hydrogens (primary N) is 1. The van der Waals surface area contributed by atoms with Crippen LogP contribution in [0.5, 0.6) is 0 Å². The zero-order chi connectivity index (χ0) is 12.0. The van der Waals surface area contributed by atoms with E-state index in [0.29, 0.717) is 6.42 Å². The number of esters is 1. The maximum atomic E-state index is 11.0. The van der Waals surface area contributed by atoms with E-state index in [1.165, 1.54) is 7.11 Å². The first-order valence-electron chi connectivity index (χ1n) is 5.19. The van der Waals surface area contributed by atoms with Crippen LogP contribution in [0, 0.1) is 0 Å². The van der Waals surface area contributed by atoms with Crippen LogP contribution < -0.4 is 5.73 Å². The minimum atomic E-state index is -0.175. The molecule has 0 amide bonds. The lowest BCUT2D eigenvalue weighted by Crippen LogP contribution is -2.06. The van der Waals surface area contributed by atoms with Gasteiger partial charge in [0.25, 0.3) is 0 Å². The molecule has 1 aromatic rings. The minimum Gasteiger partial charge on any atom is -0.469 e. The van der Waals surface area contributed by atoms with Gasteiger partial charge in [-0.25, -0.2) is 0 Å². The third-order valence-electron chi connectivity index (χ3n) is 2.20. The average Bonchev–Trinajstić information content (AvgIpc) is 2.29. The molecule has 0 fully saturated rings. The van der Waals surface area contributed by atoms with E-state index in [0.717, 1.165) is 16.2 Å². The lowest BCUT2D eigenvalue weighted by Gasteiger charge is -2.11. The molecule has 0 aliphatic rings. The highest BCUT2D eigenvalue weighted by molar-refractivity contribution is 7.99. The highest BCUT2D eigenvalue weighted by atomic mass is 32.2. The molecule has 0 bridgehead atoms. The number of carbonyl (C=O) groups is 1. The minimum absolute atomic E-state index is 0.0156. The van der Waals surface area contributed by atoms with Crippen LogP contribution in [-0.4, -0.2) is 18.8 Å². The van der Waals surface area contributed by atoms with Crippen LogP contribution in [0.15, 0.2) is 29.2 Å². The predicted octanol–water partition coefficient (Wildman–Crippen LogP) is 2.36. The molecule has 88 valence electrons. The van der Waals surface area contributed by atoms with Crippen molar-refractivity contribution in [3.8, 4) is 0 Å². The van der Waals surface area contributed by atoms with Gasteiger partial charge in [0, 0.05) is 16.7 Å². The van der Waals surface area contributed by atoms with Crippen LogP contribution in [0.1, 0.15) is 24.9 Å². The van der Waals surface area contributed by atoms with Gasteiger partial charge >= 0.3 is 5.97 Å². The lowest BCUT2D eigenvalue weighted by molar-refractivity contribution is -0.140. The Hall–Kier alpha value is -1.00. The number of carbonyl (C=O) groups excluding carboxylic acids is 1. The lowest BCUT2D eigenvalue weighted by atomic mass is 10.1. The molecule has 2 N–H and O–H groups in total. The molecular formula is C12H17NO2S. The van der Waals surface area contributed by atoms with Gasteiger partial charge in [-0.3, -0.25) is 4.79 Å². The van der Waals surface area contributed by atoms with E-state index in [-0.39, 0.29) is 12.0 Å². The second kappa shape index (κ2) is 6.55. The molecule has 3 nitrogen and oxygen atoms in total. The zero-order valence-corrected chi connectivity index (χ0v) is 10.4. The zero-order valence-electron chi connectivity index (χ0n) is 9.60. The fourth-order valence-corrected chi connectivity index (χ4v) is 2.42. The molecule has 0 aromatic heterocycles. The monoisotopic (exact) mass is 239 g/mol. The van der Waals surface area contributed by atoms with Gasteiger partial charge in [-0.05, 0) is 18.6 Å². The Morgan fingerprint density at radius 2 is 2.19 bits per heavy atom. The van der Waals surface area contributed by atoms with Crippen molar-refractivity contribution in [3.05, 3.63) is 29.8 Å². The molecule has 0 aliphatic carbocycles. The van der Waals surface area contributed by atoms with Crippen molar-refractivity contribution >= 4 is 17.7 Å². The third-order valence-corrected chi connectivity index (χ3v) is 3.29. The fraction of sp³-hybridized carbons (Fsp3) is 0.417. The van der Waals surface area contributed by atoms with Crippen LogP contribution in [-0.2, 0) is 9.53 Å². The Bertz CT molecular complexity index is 353. The number of rotatable bonds is 5. The molecule has 0 unspecified atom stereocenters. The number of thioether (sulfide) groups is 1. The van der Waals surface area contributed by atoms with E-state index in [1.807, 2.05) is 31.2 Å². The van der Waals surface area contributed by atoms with Crippen LogP contribution in [0.2, 0.25) is 0 Å². The largest absolute Gasteiger partial charge is 0.469 e. The SMILES string of the molecule is COC(=O)CCSc1ccccc1[C@@H](C)N. The fourth-order valence-electron chi connectivity index (χ4n) is 1.33. The van der Waals surface area contributed by atoms with E-state index in [4.69, 9.17) is 5.73 Å². The van der Waals surface area contributed by atoms with Crippen LogP contribution in [0.3, 0.4) is 0 Å². The van der Waals surface area contributed by atoms with Gasteiger partial charge in [-0.1, -0.05) is 18.2 Å². The highest BCUT2D eigenvalue weighted by Gasteiger charge is 2.07. The summed E-state index contributed by atoms with van der Waals surface area (Å²) in [7, 11) is 1.41. The van der Waals surface area contributed by atoms with Crippen molar-refractivity contribution in [1.29, 1.82) is 0 Å². The molecule has 16 heavy (non-hydrogen) atoms. The van der Waals surface area contributed by atoms with Gasteiger partial charge in [-0.15, -0.1) is 11.8 Å². The number of methoxy groups -OCH3 is 1. The Balaban J connectivity index is 2.56. The normalized spacial score (nSPS) is 12.2. The van der Waals surface area contributed by atoms with Crippen LogP contribution in [0.4, 0.5) is 0 Å². The Labute approximate surface area is 100 Å². The number of ether oxygens (including phenoxy) is 1. The summed E-state index contributed by atoms with van der Waals surface area (Å²) in [6, 6.07) is 8.02. The van der Waals surface area contributed by atoms with Gasteiger partial charge in [0.05, 0.1) is 13.5 Å². The maximum Gasteiger partial charge on any atom is 0.306 e. The smallest absolute Gasteiger partial charge is 0.306 e. The molecule has 0 radical (unpaired) electrons. The van der Waals surface area contributed by atoms with Gasteiger partial charge in [0.2, 0.25) is 0 Å². The first kappa shape index (κ1) is 13.1. The first-order chi connectivity index (χ1) is 7.65. The molecule has 1 atom stereocenters. The number of benzene rings is 1. The van der Waals surface area contributed by atoms with Crippen molar-refractivity contribution in [1.82, 2.24) is 0 Å².